The Bertz CT molecular complexity index is 748. The number of anilines is 1. The highest BCUT2D eigenvalue weighted by Gasteiger charge is 2.91. The van der Waals surface area contributed by atoms with Gasteiger partial charge in [-0.3, -0.25) is 0 Å². The average molecular weight is 473 g/mol. The van der Waals surface area contributed by atoms with Crippen molar-refractivity contribution in [3.05, 3.63) is 24.3 Å². The van der Waals surface area contributed by atoms with Crippen LogP contribution in [-0.4, -0.2) is 53.6 Å². The molecule has 0 saturated heterocycles. The molecule has 0 amide bonds. The average Bonchev–Trinajstić information content (AvgIpc) is 2.59. The molecule has 0 heterocycles. The van der Waals surface area contributed by atoms with Gasteiger partial charge in [-0.1, -0.05) is 6.07 Å². The molecule has 0 aromatic heterocycles. The first-order valence-corrected chi connectivity index (χ1v) is 7.24. The first-order chi connectivity index (χ1) is 13.2. The fraction of sp³-hybridized carbons (Fsp3) is 0.571. The zero-order valence-electron chi connectivity index (χ0n) is 13.8. The summed E-state index contributed by atoms with van der Waals surface area (Å²) in [4.78, 5) is 0. The van der Waals surface area contributed by atoms with Crippen LogP contribution < -0.4 is 5.32 Å². The van der Waals surface area contributed by atoms with Gasteiger partial charge >= 0.3 is 42.0 Å². The molecule has 1 aromatic rings. The number of aromatic hydroxyl groups is 1. The number of rotatable bonds is 9. The third-order valence-corrected chi connectivity index (χ3v) is 3.70. The molecular weight excluding hydrogens is 464 g/mol. The van der Waals surface area contributed by atoms with Gasteiger partial charge in [0.1, 0.15) is 5.75 Å². The fourth-order valence-electron chi connectivity index (χ4n) is 1.91. The number of halogens is 14. The van der Waals surface area contributed by atoms with Crippen LogP contribution in [0.15, 0.2) is 24.3 Å². The Balaban J connectivity index is 3.32. The van der Waals surface area contributed by atoms with Crippen molar-refractivity contribution < 1.29 is 66.6 Å². The predicted molar refractivity (Wildman–Crippen MR) is 72.3 cm³/mol. The van der Waals surface area contributed by atoms with Gasteiger partial charge in [-0.25, -0.2) is 8.78 Å². The number of hydrogen-bond acceptors (Lipinski definition) is 2. The van der Waals surface area contributed by atoms with E-state index in [0.29, 0.717) is 6.07 Å². The van der Waals surface area contributed by atoms with Gasteiger partial charge in [-0.05, 0) is 12.1 Å². The second kappa shape index (κ2) is 7.51. The maximum Gasteiger partial charge on any atom is 0.384 e. The van der Waals surface area contributed by atoms with E-state index in [2.05, 4.69) is 0 Å². The van der Waals surface area contributed by atoms with Crippen LogP contribution in [0.1, 0.15) is 0 Å². The van der Waals surface area contributed by atoms with Crippen LogP contribution in [0.3, 0.4) is 0 Å². The Morgan fingerprint density at radius 1 is 0.733 bits per heavy atom. The predicted octanol–water partition coefficient (Wildman–Crippen LogP) is 5.88. The monoisotopic (exact) mass is 473 g/mol. The number of alkyl halides is 14. The minimum Gasteiger partial charge on any atom is -0.508 e. The maximum absolute atomic E-state index is 13.6. The van der Waals surface area contributed by atoms with Crippen molar-refractivity contribution in [3.8, 4) is 5.75 Å². The molecule has 2 N–H and O–H groups in total. The highest BCUT2D eigenvalue weighted by molar-refractivity contribution is 5.47. The molecule has 0 aliphatic carbocycles. The highest BCUT2D eigenvalue weighted by atomic mass is 19.4. The number of phenolic OH excluding ortho intramolecular Hbond substituents is 1. The molecule has 0 radical (unpaired) electrons. The van der Waals surface area contributed by atoms with Crippen LogP contribution in [0.2, 0.25) is 0 Å². The maximum atomic E-state index is 13.6. The number of nitrogens with one attached hydrogen (secondary N) is 1. The third kappa shape index (κ3) is 3.79. The van der Waals surface area contributed by atoms with Crippen LogP contribution >= 0.6 is 0 Å². The summed E-state index contributed by atoms with van der Waals surface area (Å²) < 4.78 is 183. The van der Waals surface area contributed by atoms with Crippen LogP contribution in [0.25, 0.3) is 0 Å². The van der Waals surface area contributed by atoms with Gasteiger partial charge < -0.3 is 10.4 Å². The van der Waals surface area contributed by atoms with Crippen molar-refractivity contribution >= 4 is 5.69 Å². The van der Waals surface area contributed by atoms with Crippen LogP contribution in [-0.2, 0) is 0 Å². The highest BCUT2D eigenvalue weighted by Crippen LogP contribution is 2.60. The van der Waals surface area contributed by atoms with Gasteiger partial charge in [-0.15, -0.1) is 0 Å². The van der Waals surface area contributed by atoms with Crippen molar-refractivity contribution in [2.75, 3.05) is 11.9 Å². The van der Waals surface area contributed by atoms with E-state index in [9.17, 15) is 61.5 Å². The minimum atomic E-state index is -8.04. The lowest BCUT2D eigenvalue weighted by atomic mass is 9.91. The Morgan fingerprint density at radius 2 is 1.20 bits per heavy atom. The van der Waals surface area contributed by atoms with E-state index in [0.717, 1.165) is 18.2 Å². The second-order valence-corrected chi connectivity index (χ2v) is 5.83. The van der Waals surface area contributed by atoms with Crippen LogP contribution in [0, 0.1) is 0 Å². The van der Waals surface area contributed by atoms with Gasteiger partial charge in [0.25, 0.3) is 0 Å². The summed E-state index contributed by atoms with van der Waals surface area (Å²) in [6.45, 7) is -2.63. The summed E-state index contributed by atoms with van der Waals surface area (Å²) in [7, 11) is 0. The van der Waals surface area contributed by atoms with E-state index >= 15 is 0 Å². The van der Waals surface area contributed by atoms with Gasteiger partial charge in [0, 0.05) is 11.8 Å². The summed E-state index contributed by atoms with van der Waals surface area (Å²) >= 11 is 0. The van der Waals surface area contributed by atoms with E-state index in [1.54, 1.807) is 0 Å². The zero-order valence-corrected chi connectivity index (χ0v) is 13.8. The molecule has 0 fully saturated rings. The minimum absolute atomic E-state index is 0.582. The summed E-state index contributed by atoms with van der Waals surface area (Å²) in [5.41, 5.74) is -0.643. The van der Waals surface area contributed by atoms with Crippen molar-refractivity contribution in [3.63, 3.8) is 0 Å². The van der Waals surface area contributed by atoms with Gasteiger partial charge in [0.2, 0.25) is 0 Å². The number of benzene rings is 1. The fourth-order valence-corrected chi connectivity index (χ4v) is 1.91. The van der Waals surface area contributed by atoms with Crippen molar-refractivity contribution in [1.29, 1.82) is 0 Å². The van der Waals surface area contributed by atoms with Crippen molar-refractivity contribution in [1.82, 2.24) is 0 Å². The van der Waals surface area contributed by atoms with Crippen molar-refractivity contribution in [2.24, 2.45) is 0 Å². The van der Waals surface area contributed by atoms with Gasteiger partial charge in [0.05, 0.1) is 6.54 Å². The molecule has 1 aromatic carbocycles. The van der Waals surface area contributed by atoms with Crippen LogP contribution in [0.4, 0.5) is 67.2 Å². The zero-order chi connectivity index (χ0) is 24.0. The van der Waals surface area contributed by atoms with Gasteiger partial charge in [-0.2, -0.15) is 52.7 Å². The SMILES string of the molecule is Oc1cccc(NCC(F)(F)C(F)(F)C(F)(F)C(F)(F)C(F)(F)C(F)(F)C(F)F)c1. The molecule has 0 saturated carbocycles. The summed E-state index contributed by atoms with van der Waals surface area (Å²) in [5.74, 6) is -45.5. The molecule has 2 nitrogen and oxygen atoms in total. The standard InChI is InChI=1S/C14H9F14NO/c15-8(16)10(19,20)12(23,24)14(27,28)13(25,26)11(21,22)9(17,18)5-29-6-2-1-3-7(30)4-6/h1-4,8,29-30H,5H2. The summed E-state index contributed by atoms with van der Waals surface area (Å²) in [6, 6.07) is 3.26. The topological polar surface area (TPSA) is 32.3 Å². The van der Waals surface area contributed by atoms with Crippen molar-refractivity contribution in [2.45, 2.75) is 42.0 Å². The summed E-state index contributed by atoms with van der Waals surface area (Å²) in [5, 5.41) is 10.4. The lowest BCUT2D eigenvalue weighted by molar-refractivity contribution is -0.431. The molecule has 0 bridgehead atoms. The van der Waals surface area contributed by atoms with E-state index < -0.39 is 59.9 Å². The Hall–Kier alpha value is -2.16. The lowest BCUT2D eigenvalue weighted by Gasteiger charge is -2.41. The summed E-state index contributed by atoms with van der Waals surface area (Å²) in [6.07, 6.45) is -5.73. The Labute approximate surface area is 157 Å². The van der Waals surface area contributed by atoms with Gasteiger partial charge in [0.15, 0.2) is 0 Å². The Kier molecular flexibility index (Phi) is 6.48. The molecular formula is C14H9F14NO. The van der Waals surface area contributed by atoms with Crippen LogP contribution in [0.5, 0.6) is 5.75 Å². The van der Waals surface area contributed by atoms with E-state index in [4.69, 9.17) is 5.11 Å². The molecule has 0 atom stereocenters. The quantitative estimate of drug-likeness (QED) is 0.439. The second-order valence-electron chi connectivity index (χ2n) is 5.83. The Morgan fingerprint density at radius 3 is 1.63 bits per heavy atom. The molecule has 174 valence electrons. The first-order valence-electron chi connectivity index (χ1n) is 7.24. The first kappa shape index (κ1) is 25.9. The molecule has 0 unspecified atom stereocenters. The molecule has 16 heteroatoms. The molecule has 0 aliphatic rings. The number of phenols is 1. The smallest absolute Gasteiger partial charge is 0.384 e. The lowest BCUT2D eigenvalue weighted by Crippen LogP contribution is -2.72. The van der Waals surface area contributed by atoms with E-state index in [1.165, 1.54) is 5.32 Å². The molecule has 30 heavy (non-hydrogen) atoms. The third-order valence-electron chi connectivity index (χ3n) is 3.70. The largest absolute Gasteiger partial charge is 0.508 e. The molecule has 0 spiro atoms. The molecule has 1 rings (SSSR count). The normalized spacial score (nSPS) is 14.9. The van der Waals surface area contributed by atoms with E-state index in [1.807, 2.05) is 0 Å². The number of hydrogen-bond donors (Lipinski definition) is 2. The van der Waals surface area contributed by atoms with E-state index in [-0.39, 0.29) is 0 Å². The molecule has 0 aliphatic heterocycles.